The summed E-state index contributed by atoms with van der Waals surface area (Å²) in [5.74, 6) is 2.17. The lowest BCUT2D eigenvalue weighted by Crippen LogP contribution is -2.32. The molecule has 1 saturated heterocycles. The molecule has 1 saturated carbocycles. The molecule has 25 heavy (non-hydrogen) atoms. The Bertz CT molecular complexity index is 514. The molecule has 0 atom stereocenters. The second-order valence-electron chi connectivity index (χ2n) is 7.17. The van der Waals surface area contributed by atoms with Crippen LogP contribution in [-0.2, 0) is 0 Å². The second kappa shape index (κ2) is 9.75. The Hall–Kier alpha value is -1.63. The minimum absolute atomic E-state index is 0.264. The quantitative estimate of drug-likeness (QED) is 0.592. The predicted molar refractivity (Wildman–Crippen MR) is 101 cm³/mol. The first-order chi connectivity index (χ1) is 12.3. The van der Waals surface area contributed by atoms with Crippen molar-refractivity contribution in [1.82, 2.24) is 15.0 Å². The van der Waals surface area contributed by atoms with E-state index in [0.29, 0.717) is 17.9 Å². The average Bonchev–Trinajstić information content (AvgIpc) is 3.15. The highest BCUT2D eigenvalue weighted by Gasteiger charge is 2.19. The smallest absolute Gasteiger partial charge is 0.231 e. The minimum atomic E-state index is 0.264. The normalized spacial score (nSPS) is 18.5. The van der Waals surface area contributed by atoms with Crippen LogP contribution in [0.2, 0.25) is 0 Å². The van der Waals surface area contributed by atoms with E-state index in [2.05, 4.69) is 25.5 Å². The zero-order valence-corrected chi connectivity index (χ0v) is 15.2. The molecule has 1 aromatic heterocycles. The van der Waals surface area contributed by atoms with E-state index in [9.17, 15) is 0 Å². The van der Waals surface area contributed by atoms with Gasteiger partial charge in [-0.25, -0.2) is 0 Å². The SMILES string of the molecule is OCCCCCNc1nc(NC2CCCC2)nc(N2CCCCC2)n1. The van der Waals surface area contributed by atoms with Crippen molar-refractivity contribution in [3.8, 4) is 0 Å². The van der Waals surface area contributed by atoms with E-state index in [-0.39, 0.29) is 6.61 Å². The largest absolute Gasteiger partial charge is 0.396 e. The van der Waals surface area contributed by atoms with Gasteiger partial charge in [-0.15, -0.1) is 0 Å². The maximum Gasteiger partial charge on any atom is 0.231 e. The van der Waals surface area contributed by atoms with Gasteiger partial charge in [-0.05, 0) is 51.4 Å². The van der Waals surface area contributed by atoms with Crippen molar-refractivity contribution in [3.05, 3.63) is 0 Å². The van der Waals surface area contributed by atoms with Gasteiger partial charge in [-0.2, -0.15) is 15.0 Å². The molecule has 3 N–H and O–H groups in total. The fraction of sp³-hybridized carbons (Fsp3) is 0.833. The molecule has 140 valence electrons. The van der Waals surface area contributed by atoms with E-state index in [0.717, 1.165) is 44.8 Å². The molecule has 0 spiro atoms. The number of aromatic nitrogens is 3. The molecule has 1 aromatic rings. The standard InChI is InChI=1S/C18H32N6O/c25-14-8-1-5-11-19-16-21-17(20-15-9-3-4-10-15)23-18(22-16)24-12-6-2-7-13-24/h15,25H,1-14H2,(H2,19,20,21,22,23). The molecule has 1 aliphatic carbocycles. The van der Waals surface area contributed by atoms with Crippen LogP contribution in [0.25, 0.3) is 0 Å². The topological polar surface area (TPSA) is 86.2 Å². The molecule has 7 heteroatoms. The monoisotopic (exact) mass is 348 g/mol. The van der Waals surface area contributed by atoms with Crippen molar-refractivity contribution in [3.63, 3.8) is 0 Å². The molecule has 2 fully saturated rings. The summed E-state index contributed by atoms with van der Waals surface area (Å²) in [7, 11) is 0. The number of rotatable bonds is 9. The first-order valence-electron chi connectivity index (χ1n) is 9.97. The van der Waals surface area contributed by atoms with Crippen LogP contribution in [0.3, 0.4) is 0 Å². The summed E-state index contributed by atoms with van der Waals surface area (Å²) in [5.41, 5.74) is 0. The molecule has 3 rings (SSSR count). The summed E-state index contributed by atoms with van der Waals surface area (Å²) < 4.78 is 0. The van der Waals surface area contributed by atoms with Crippen LogP contribution < -0.4 is 15.5 Å². The van der Waals surface area contributed by atoms with E-state index in [4.69, 9.17) is 10.1 Å². The summed E-state index contributed by atoms with van der Waals surface area (Å²) in [6, 6.07) is 0.494. The highest BCUT2D eigenvalue weighted by Crippen LogP contribution is 2.23. The van der Waals surface area contributed by atoms with Gasteiger partial charge in [0.2, 0.25) is 17.8 Å². The number of hydrogen-bond donors (Lipinski definition) is 3. The van der Waals surface area contributed by atoms with E-state index >= 15 is 0 Å². The van der Waals surface area contributed by atoms with Gasteiger partial charge in [0.1, 0.15) is 0 Å². The molecule has 0 radical (unpaired) electrons. The van der Waals surface area contributed by atoms with Gasteiger partial charge in [-0.1, -0.05) is 12.8 Å². The molecule has 7 nitrogen and oxygen atoms in total. The molecule has 0 aromatic carbocycles. The fourth-order valence-electron chi connectivity index (χ4n) is 3.61. The lowest BCUT2D eigenvalue weighted by molar-refractivity contribution is 0.283. The molecule has 2 aliphatic rings. The molecule has 0 amide bonds. The second-order valence-corrected chi connectivity index (χ2v) is 7.17. The number of aliphatic hydroxyl groups is 1. The Morgan fingerprint density at radius 3 is 2.40 bits per heavy atom. The Morgan fingerprint density at radius 2 is 1.64 bits per heavy atom. The van der Waals surface area contributed by atoms with Crippen molar-refractivity contribution in [1.29, 1.82) is 0 Å². The van der Waals surface area contributed by atoms with Crippen molar-refractivity contribution < 1.29 is 5.11 Å². The van der Waals surface area contributed by atoms with Crippen LogP contribution in [0.1, 0.15) is 64.2 Å². The van der Waals surface area contributed by atoms with Gasteiger partial charge in [0.25, 0.3) is 0 Å². The fourth-order valence-corrected chi connectivity index (χ4v) is 3.61. The predicted octanol–water partition coefficient (Wildman–Crippen LogP) is 2.79. The Kier molecular flexibility index (Phi) is 7.09. The number of piperidine rings is 1. The Morgan fingerprint density at radius 1 is 0.880 bits per heavy atom. The number of unbranched alkanes of at least 4 members (excludes halogenated alkanes) is 2. The van der Waals surface area contributed by atoms with Crippen LogP contribution in [0.4, 0.5) is 17.8 Å². The lowest BCUT2D eigenvalue weighted by atomic mass is 10.1. The van der Waals surface area contributed by atoms with Crippen molar-refractivity contribution in [2.24, 2.45) is 0 Å². The van der Waals surface area contributed by atoms with E-state index in [1.807, 2.05) is 0 Å². The first-order valence-corrected chi connectivity index (χ1v) is 9.97. The van der Waals surface area contributed by atoms with E-state index in [1.165, 1.54) is 44.9 Å². The lowest BCUT2D eigenvalue weighted by Gasteiger charge is -2.27. The summed E-state index contributed by atoms with van der Waals surface area (Å²) in [6.45, 7) is 3.15. The van der Waals surface area contributed by atoms with Crippen molar-refractivity contribution >= 4 is 17.8 Å². The summed E-state index contributed by atoms with van der Waals surface area (Å²) in [6.07, 6.45) is 11.6. The summed E-state index contributed by atoms with van der Waals surface area (Å²) in [5, 5.41) is 15.7. The number of nitrogens with zero attached hydrogens (tertiary/aromatic N) is 4. The van der Waals surface area contributed by atoms with Crippen LogP contribution in [-0.4, -0.2) is 52.3 Å². The third-order valence-electron chi connectivity index (χ3n) is 5.07. The van der Waals surface area contributed by atoms with Gasteiger partial charge >= 0.3 is 0 Å². The zero-order chi connectivity index (χ0) is 17.3. The third kappa shape index (κ3) is 5.70. The average molecular weight is 348 g/mol. The van der Waals surface area contributed by atoms with Crippen LogP contribution in [0.15, 0.2) is 0 Å². The highest BCUT2D eigenvalue weighted by molar-refractivity contribution is 5.44. The number of nitrogens with one attached hydrogen (secondary N) is 2. The van der Waals surface area contributed by atoms with Crippen LogP contribution in [0.5, 0.6) is 0 Å². The number of hydrogen-bond acceptors (Lipinski definition) is 7. The summed E-state index contributed by atoms with van der Waals surface area (Å²) in [4.78, 5) is 16.2. The van der Waals surface area contributed by atoms with Crippen LogP contribution in [0, 0.1) is 0 Å². The van der Waals surface area contributed by atoms with E-state index in [1.54, 1.807) is 0 Å². The number of anilines is 3. The zero-order valence-electron chi connectivity index (χ0n) is 15.2. The van der Waals surface area contributed by atoms with Crippen LogP contribution >= 0.6 is 0 Å². The molecule has 2 heterocycles. The van der Waals surface area contributed by atoms with Crippen molar-refractivity contribution in [2.45, 2.75) is 70.3 Å². The van der Waals surface area contributed by atoms with Gasteiger partial charge in [0.05, 0.1) is 0 Å². The van der Waals surface area contributed by atoms with Gasteiger partial charge in [-0.3, -0.25) is 0 Å². The van der Waals surface area contributed by atoms with Crippen molar-refractivity contribution in [2.75, 3.05) is 41.8 Å². The van der Waals surface area contributed by atoms with Gasteiger partial charge in [0, 0.05) is 32.3 Å². The third-order valence-corrected chi connectivity index (χ3v) is 5.07. The maximum atomic E-state index is 8.87. The van der Waals surface area contributed by atoms with Gasteiger partial charge in [0.15, 0.2) is 0 Å². The first kappa shape index (κ1) is 18.2. The summed E-state index contributed by atoms with van der Waals surface area (Å²) >= 11 is 0. The minimum Gasteiger partial charge on any atom is -0.396 e. The van der Waals surface area contributed by atoms with E-state index < -0.39 is 0 Å². The number of aliphatic hydroxyl groups excluding tert-OH is 1. The molecular formula is C18H32N6O. The Balaban J connectivity index is 1.65. The highest BCUT2D eigenvalue weighted by atomic mass is 16.2. The molecular weight excluding hydrogens is 316 g/mol. The van der Waals surface area contributed by atoms with Gasteiger partial charge < -0.3 is 20.6 Å². The molecule has 1 aliphatic heterocycles. The Labute approximate surface area is 150 Å². The molecule has 0 unspecified atom stereocenters. The maximum absolute atomic E-state index is 8.87. The molecule has 0 bridgehead atoms.